The van der Waals surface area contributed by atoms with Crippen LogP contribution in [-0.4, -0.2) is 46.1 Å². The van der Waals surface area contributed by atoms with E-state index in [0.717, 1.165) is 25.2 Å². The Balaban J connectivity index is 1.50. The van der Waals surface area contributed by atoms with Gasteiger partial charge in [-0.3, -0.25) is 4.79 Å². The van der Waals surface area contributed by atoms with Crippen molar-refractivity contribution in [3.8, 4) is 0 Å². The molecule has 5 atom stereocenters. The number of carboxylic acid groups (broad SMARTS) is 1. The Morgan fingerprint density at radius 2 is 1.92 bits per heavy atom. The highest BCUT2D eigenvalue weighted by atomic mass is 16.4. The fraction of sp³-hybridized carbons (Fsp3) is 0.900. The molecule has 3 aliphatic rings. The van der Waals surface area contributed by atoms with E-state index < -0.39 is 5.97 Å². The summed E-state index contributed by atoms with van der Waals surface area (Å²) in [6.07, 6.45) is 13.9. The van der Waals surface area contributed by atoms with Crippen LogP contribution in [0.25, 0.3) is 0 Å². The number of hydrogen-bond donors (Lipinski definition) is 2. The maximum atomic E-state index is 11.6. The monoisotopic (exact) mass is 349 g/mol. The van der Waals surface area contributed by atoms with Crippen LogP contribution in [0, 0.1) is 5.92 Å². The quantitative estimate of drug-likeness (QED) is 0.622. The molecule has 0 unspecified atom stereocenters. The standard InChI is InChI=1S/C20H35N3O2/c1-3-4-5-6-7-8-9-10-15-13-16-11-12-17-18(19(24)25)14(2)21-20(22-15)23(16)17/h14-18H,3-13H2,1-2H3,(H,21,22)(H,24,25)/t14-,15+,16+,17+,18-/m1/s1. The second-order valence-corrected chi connectivity index (χ2v) is 8.25. The molecule has 0 aliphatic carbocycles. The van der Waals surface area contributed by atoms with Gasteiger partial charge in [0.25, 0.3) is 0 Å². The van der Waals surface area contributed by atoms with Gasteiger partial charge in [-0.2, -0.15) is 0 Å². The van der Waals surface area contributed by atoms with Gasteiger partial charge in [-0.05, 0) is 32.6 Å². The molecule has 2 N–H and O–H groups in total. The van der Waals surface area contributed by atoms with E-state index in [0.29, 0.717) is 12.1 Å². The number of unbranched alkanes of at least 4 members (excludes halogenated alkanes) is 6. The van der Waals surface area contributed by atoms with Crippen molar-refractivity contribution in [2.45, 2.75) is 109 Å². The zero-order valence-electron chi connectivity index (χ0n) is 15.9. The first-order chi connectivity index (χ1) is 12.1. The van der Waals surface area contributed by atoms with Gasteiger partial charge < -0.3 is 15.3 Å². The highest BCUT2D eigenvalue weighted by Crippen LogP contribution is 2.39. The van der Waals surface area contributed by atoms with Crippen molar-refractivity contribution in [1.29, 1.82) is 0 Å². The lowest BCUT2D eigenvalue weighted by Gasteiger charge is -2.46. The van der Waals surface area contributed by atoms with Crippen LogP contribution in [0.2, 0.25) is 0 Å². The molecule has 142 valence electrons. The Hall–Kier alpha value is -1.26. The smallest absolute Gasteiger partial charge is 0.310 e. The van der Waals surface area contributed by atoms with Crippen LogP contribution in [-0.2, 0) is 4.79 Å². The molecule has 5 heteroatoms. The fourth-order valence-corrected chi connectivity index (χ4v) is 5.08. The summed E-state index contributed by atoms with van der Waals surface area (Å²) in [6.45, 7) is 4.22. The Labute approximate surface area is 152 Å². The molecule has 2 saturated heterocycles. The summed E-state index contributed by atoms with van der Waals surface area (Å²) < 4.78 is 0. The number of nitrogens with one attached hydrogen (secondary N) is 1. The van der Waals surface area contributed by atoms with Crippen LogP contribution in [0.15, 0.2) is 4.99 Å². The average Bonchev–Trinajstić information content (AvgIpc) is 2.98. The van der Waals surface area contributed by atoms with E-state index in [2.05, 4.69) is 17.1 Å². The van der Waals surface area contributed by atoms with Gasteiger partial charge in [0, 0.05) is 18.1 Å². The van der Waals surface area contributed by atoms with Gasteiger partial charge in [0.15, 0.2) is 5.96 Å². The maximum Gasteiger partial charge on any atom is 0.310 e. The van der Waals surface area contributed by atoms with Gasteiger partial charge in [-0.1, -0.05) is 51.9 Å². The van der Waals surface area contributed by atoms with Gasteiger partial charge in [-0.15, -0.1) is 0 Å². The molecule has 3 heterocycles. The second kappa shape index (κ2) is 8.41. The number of carboxylic acids is 1. The molecule has 0 aromatic carbocycles. The summed E-state index contributed by atoms with van der Waals surface area (Å²) in [6, 6.07) is 1.02. The van der Waals surface area contributed by atoms with Crippen LogP contribution >= 0.6 is 0 Å². The van der Waals surface area contributed by atoms with E-state index in [-0.39, 0.29) is 18.0 Å². The summed E-state index contributed by atoms with van der Waals surface area (Å²) in [5.74, 6) is -0.0573. The molecule has 3 rings (SSSR count). The van der Waals surface area contributed by atoms with Gasteiger partial charge in [0.1, 0.15) is 0 Å². The molecule has 0 saturated carbocycles. The number of rotatable bonds is 9. The summed E-state index contributed by atoms with van der Waals surface area (Å²) in [5, 5.41) is 13.2. The Morgan fingerprint density at radius 1 is 1.20 bits per heavy atom. The van der Waals surface area contributed by atoms with E-state index in [1.54, 1.807) is 0 Å². The summed E-state index contributed by atoms with van der Waals surface area (Å²) in [5.41, 5.74) is 0. The molecular weight excluding hydrogens is 314 g/mol. The van der Waals surface area contributed by atoms with E-state index in [1.807, 2.05) is 6.92 Å². The average molecular weight is 350 g/mol. The van der Waals surface area contributed by atoms with E-state index >= 15 is 0 Å². The first-order valence-electron chi connectivity index (χ1n) is 10.5. The lowest BCUT2D eigenvalue weighted by Crippen LogP contribution is -2.62. The third kappa shape index (κ3) is 4.12. The van der Waals surface area contributed by atoms with Crippen LogP contribution in [0.4, 0.5) is 0 Å². The van der Waals surface area contributed by atoms with Crippen LogP contribution in [0.3, 0.4) is 0 Å². The summed E-state index contributed by atoms with van der Waals surface area (Å²) >= 11 is 0. The van der Waals surface area contributed by atoms with Crippen molar-refractivity contribution >= 4 is 11.9 Å². The molecule has 25 heavy (non-hydrogen) atoms. The Morgan fingerprint density at radius 3 is 2.64 bits per heavy atom. The Kier molecular flexibility index (Phi) is 6.24. The minimum absolute atomic E-state index is 0.127. The van der Waals surface area contributed by atoms with E-state index in [9.17, 15) is 9.90 Å². The summed E-state index contributed by atoms with van der Waals surface area (Å²) in [7, 11) is 0. The van der Waals surface area contributed by atoms with Crippen molar-refractivity contribution in [2.75, 3.05) is 0 Å². The largest absolute Gasteiger partial charge is 0.481 e. The zero-order valence-corrected chi connectivity index (χ0v) is 15.9. The minimum Gasteiger partial charge on any atom is -0.481 e. The SMILES string of the molecule is CCCCCCCCC[C@H]1C[C@@H]2CC[C@H]3[C@H](C(=O)O)[C@@H](C)N=C(N1)N23. The third-order valence-corrected chi connectivity index (χ3v) is 6.38. The third-order valence-electron chi connectivity index (χ3n) is 6.38. The van der Waals surface area contributed by atoms with Gasteiger partial charge in [0.2, 0.25) is 0 Å². The summed E-state index contributed by atoms with van der Waals surface area (Å²) in [4.78, 5) is 18.7. The Bertz CT molecular complexity index is 493. The fourth-order valence-electron chi connectivity index (χ4n) is 5.08. The lowest BCUT2D eigenvalue weighted by molar-refractivity contribution is -0.144. The molecular formula is C20H35N3O2. The molecule has 0 amide bonds. The van der Waals surface area contributed by atoms with Crippen LogP contribution < -0.4 is 5.32 Å². The van der Waals surface area contributed by atoms with Crippen molar-refractivity contribution in [3.63, 3.8) is 0 Å². The normalized spacial score (nSPS) is 33.6. The number of guanidine groups is 1. The predicted molar refractivity (Wildman–Crippen MR) is 101 cm³/mol. The number of carbonyl (C=O) groups is 1. The van der Waals surface area contributed by atoms with Gasteiger partial charge >= 0.3 is 5.97 Å². The molecule has 2 fully saturated rings. The topological polar surface area (TPSA) is 64.9 Å². The predicted octanol–water partition coefficient (Wildman–Crippen LogP) is 3.78. The highest BCUT2D eigenvalue weighted by Gasteiger charge is 2.50. The number of hydrogen-bond acceptors (Lipinski definition) is 4. The van der Waals surface area contributed by atoms with Crippen molar-refractivity contribution in [1.82, 2.24) is 10.2 Å². The van der Waals surface area contributed by atoms with Crippen molar-refractivity contribution < 1.29 is 9.90 Å². The van der Waals surface area contributed by atoms with Crippen LogP contribution in [0.1, 0.15) is 84.5 Å². The van der Waals surface area contributed by atoms with Crippen molar-refractivity contribution in [3.05, 3.63) is 0 Å². The highest BCUT2D eigenvalue weighted by molar-refractivity contribution is 5.85. The van der Waals surface area contributed by atoms with Gasteiger partial charge in [0.05, 0.1) is 12.0 Å². The molecule has 0 spiro atoms. The van der Waals surface area contributed by atoms with Crippen LogP contribution in [0.5, 0.6) is 0 Å². The zero-order chi connectivity index (χ0) is 17.8. The van der Waals surface area contributed by atoms with E-state index in [1.165, 1.54) is 51.4 Å². The lowest BCUT2D eigenvalue weighted by atomic mass is 9.89. The number of nitrogens with zero attached hydrogens (tertiary/aromatic N) is 2. The van der Waals surface area contributed by atoms with Crippen molar-refractivity contribution in [2.24, 2.45) is 10.9 Å². The molecule has 3 aliphatic heterocycles. The van der Waals surface area contributed by atoms with E-state index in [4.69, 9.17) is 4.99 Å². The molecule has 0 radical (unpaired) electrons. The van der Waals surface area contributed by atoms with Gasteiger partial charge in [-0.25, -0.2) is 4.99 Å². The number of aliphatic imine (C=N–C) groups is 1. The molecule has 5 nitrogen and oxygen atoms in total. The molecule has 0 aromatic heterocycles. The second-order valence-electron chi connectivity index (χ2n) is 8.25. The molecule has 0 aromatic rings. The maximum absolute atomic E-state index is 11.6. The molecule has 0 bridgehead atoms. The first kappa shape index (κ1) is 18.5. The number of aliphatic carboxylic acids is 1. The minimum atomic E-state index is -0.689. The first-order valence-corrected chi connectivity index (χ1v) is 10.5.